The third-order valence-corrected chi connectivity index (χ3v) is 3.20. The van der Waals surface area contributed by atoms with Gasteiger partial charge in [0.1, 0.15) is 6.04 Å². The van der Waals surface area contributed by atoms with Crippen LogP contribution in [-0.2, 0) is 9.53 Å². The van der Waals surface area contributed by atoms with E-state index in [9.17, 15) is 9.90 Å². The number of hydrogen-bond acceptors (Lipinski definition) is 3. The van der Waals surface area contributed by atoms with Gasteiger partial charge in [0.05, 0.1) is 6.10 Å². The number of nitrogens with zero attached hydrogens (tertiary/aromatic N) is 1. The fraction of sp³-hybridized carbons (Fsp3) is 0.909. The van der Waals surface area contributed by atoms with Gasteiger partial charge in [0.2, 0.25) is 0 Å². The predicted molar refractivity (Wildman–Crippen MR) is 55.8 cm³/mol. The number of carbonyl (C=O) groups is 1. The zero-order valence-electron chi connectivity index (χ0n) is 9.19. The summed E-state index contributed by atoms with van der Waals surface area (Å²) >= 11 is 0. The van der Waals surface area contributed by atoms with Gasteiger partial charge in [0.15, 0.2) is 0 Å². The van der Waals surface area contributed by atoms with Crippen LogP contribution in [0.15, 0.2) is 0 Å². The van der Waals surface area contributed by atoms with E-state index >= 15 is 0 Å². The average molecular weight is 213 g/mol. The largest absolute Gasteiger partial charge is 0.480 e. The van der Waals surface area contributed by atoms with Crippen molar-refractivity contribution in [1.82, 2.24) is 4.90 Å². The van der Waals surface area contributed by atoms with Crippen LogP contribution >= 0.6 is 0 Å². The van der Waals surface area contributed by atoms with E-state index < -0.39 is 5.97 Å². The summed E-state index contributed by atoms with van der Waals surface area (Å²) < 4.78 is 5.53. The number of carboxylic acids is 1. The van der Waals surface area contributed by atoms with Crippen LogP contribution in [0.1, 0.15) is 26.2 Å². The summed E-state index contributed by atoms with van der Waals surface area (Å²) in [7, 11) is 0. The van der Waals surface area contributed by atoms with Crippen LogP contribution in [0.4, 0.5) is 0 Å². The molecule has 1 N–H and O–H groups in total. The first-order valence-corrected chi connectivity index (χ1v) is 5.77. The first-order chi connectivity index (χ1) is 7.18. The molecule has 2 aliphatic rings. The molecule has 0 amide bonds. The maximum Gasteiger partial charge on any atom is 0.321 e. The highest BCUT2D eigenvalue weighted by Crippen LogP contribution is 2.36. The minimum absolute atomic E-state index is 0.160. The molecule has 1 aliphatic carbocycles. The van der Waals surface area contributed by atoms with Crippen molar-refractivity contribution in [3.8, 4) is 0 Å². The van der Waals surface area contributed by atoms with E-state index in [1.54, 1.807) is 0 Å². The van der Waals surface area contributed by atoms with Crippen LogP contribution in [-0.4, -0.2) is 47.8 Å². The molecule has 15 heavy (non-hydrogen) atoms. The number of rotatable bonds is 3. The summed E-state index contributed by atoms with van der Waals surface area (Å²) in [5.74, 6) is -0.278. The molecule has 0 radical (unpaired) electrons. The van der Waals surface area contributed by atoms with Gasteiger partial charge in [-0.1, -0.05) is 0 Å². The van der Waals surface area contributed by atoms with E-state index in [4.69, 9.17) is 4.74 Å². The lowest BCUT2D eigenvalue weighted by Crippen LogP contribution is -2.45. The molecule has 0 aromatic heterocycles. The second kappa shape index (κ2) is 4.49. The molecule has 2 fully saturated rings. The molecule has 2 rings (SSSR count). The molecule has 4 heteroatoms. The first-order valence-electron chi connectivity index (χ1n) is 5.77. The van der Waals surface area contributed by atoms with Crippen LogP contribution in [0.3, 0.4) is 0 Å². The van der Waals surface area contributed by atoms with Gasteiger partial charge in [-0.05, 0) is 32.1 Å². The Bertz CT molecular complexity index is 240. The number of hydrogen-bond donors (Lipinski definition) is 1. The van der Waals surface area contributed by atoms with Crippen LogP contribution in [0.5, 0.6) is 0 Å². The highest BCUT2D eigenvalue weighted by Gasteiger charge is 2.40. The minimum atomic E-state index is -0.661. The highest BCUT2D eigenvalue weighted by molar-refractivity contribution is 5.74. The maximum atomic E-state index is 11.2. The van der Waals surface area contributed by atoms with Gasteiger partial charge >= 0.3 is 5.97 Å². The molecule has 0 spiro atoms. The monoisotopic (exact) mass is 213 g/mol. The van der Waals surface area contributed by atoms with E-state index in [0.29, 0.717) is 5.92 Å². The van der Waals surface area contributed by atoms with Crippen LogP contribution < -0.4 is 0 Å². The zero-order valence-corrected chi connectivity index (χ0v) is 9.19. The van der Waals surface area contributed by atoms with Gasteiger partial charge in [-0.3, -0.25) is 9.69 Å². The van der Waals surface area contributed by atoms with Crippen molar-refractivity contribution in [2.75, 3.05) is 19.7 Å². The molecule has 0 bridgehead atoms. The van der Waals surface area contributed by atoms with E-state index in [0.717, 1.165) is 39.0 Å². The van der Waals surface area contributed by atoms with E-state index in [2.05, 4.69) is 4.90 Å². The van der Waals surface area contributed by atoms with Gasteiger partial charge < -0.3 is 9.84 Å². The Morgan fingerprint density at radius 1 is 1.53 bits per heavy atom. The summed E-state index contributed by atoms with van der Waals surface area (Å²) in [4.78, 5) is 13.3. The molecule has 1 saturated carbocycles. The number of ether oxygens (including phenoxy) is 1. The van der Waals surface area contributed by atoms with Crippen molar-refractivity contribution in [2.45, 2.75) is 38.3 Å². The van der Waals surface area contributed by atoms with Crippen molar-refractivity contribution < 1.29 is 14.6 Å². The maximum absolute atomic E-state index is 11.2. The van der Waals surface area contributed by atoms with Crippen molar-refractivity contribution >= 4 is 5.97 Å². The second-order valence-electron chi connectivity index (χ2n) is 4.65. The normalized spacial score (nSPS) is 30.9. The highest BCUT2D eigenvalue weighted by atomic mass is 16.5. The Morgan fingerprint density at radius 3 is 2.87 bits per heavy atom. The van der Waals surface area contributed by atoms with E-state index in [1.165, 1.54) is 0 Å². The molecule has 0 aromatic rings. The van der Waals surface area contributed by atoms with E-state index in [-0.39, 0.29) is 12.1 Å². The Labute approximate surface area is 90.2 Å². The molecule has 1 heterocycles. The SMILES string of the molecule is CC1CN(C(C(=O)O)C2CC2)CCCO1. The molecule has 4 nitrogen and oxygen atoms in total. The average Bonchev–Trinajstić information content (AvgIpc) is 2.94. The van der Waals surface area contributed by atoms with Gasteiger partial charge in [-0.25, -0.2) is 0 Å². The predicted octanol–water partition coefficient (Wildman–Crippen LogP) is 0.960. The summed E-state index contributed by atoms with van der Waals surface area (Å²) in [6.45, 7) is 4.39. The summed E-state index contributed by atoms with van der Waals surface area (Å²) in [5, 5.41) is 9.23. The molecule has 86 valence electrons. The molecule has 1 saturated heterocycles. The zero-order chi connectivity index (χ0) is 10.8. The molecule has 2 atom stereocenters. The second-order valence-corrected chi connectivity index (χ2v) is 4.65. The van der Waals surface area contributed by atoms with Crippen molar-refractivity contribution in [2.24, 2.45) is 5.92 Å². The lowest BCUT2D eigenvalue weighted by molar-refractivity contribution is -0.144. The first kappa shape index (κ1) is 10.9. The lowest BCUT2D eigenvalue weighted by Gasteiger charge is -2.28. The standard InChI is InChI=1S/C11H19NO3/c1-8-7-12(5-2-6-15-8)10(11(13)14)9-3-4-9/h8-10H,2-7H2,1H3,(H,13,14). The van der Waals surface area contributed by atoms with Gasteiger partial charge in [0.25, 0.3) is 0 Å². The van der Waals surface area contributed by atoms with Crippen molar-refractivity contribution in [3.63, 3.8) is 0 Å². The number of carboxylic acid groups (broad SMARTS) is 1. The molecule has 2 unspecified atom stereocenters. The Hall–Kier alpha value is -0.610. The van der Waals surface area contributed by atoms with Crippen molar-refractivity contribution in [3.05, 3.63) is 0 Å². The smallest absolute Gasteiger partial charge is 0.321 e. The lowest BCUT2D eigenvalue weighted by atomic mass is 10.1. The Balaban J connectivity index is 2.01. The van der Waals surface area contributed by atoms with Gasteiger partial charge in [-0.2, -0.15) is 0 Å². The summed E-state index contributed by atoms with van der Waals surface area (Å²) in [6.07, 6.45) is 3.25. The Kier molecular flexibility index (Phi) is 3.26. The van der Waals surface area contributed by atoms with Crippen molar-refractivity contribution in [1.29, 1.82) is 0 Å². The third-order valence-electron chi connectivity index (χ3n) is 3.20. The topological polar surface area (TPSA) is 49.8 Å². The summed E-state index contributed by atoms with van der Waals surface area (Å²) in [6, 6.07) is -0.269. The molecular weight excluding hydrogens is 194 g/mol. The number of aliphatic carboxylic acids is 1. The third kappa shape index (κ3) is 2.69. The van der Waals surface area contributed by atoms with Crippen LogP contribution in [0, 0.1) is 5.92 Å². The molecule has 1 aliphatic heterocycles. The quantitative estimate of drug-likeness (QED) is 0.758. The summed E-state index contributed by atoms with van der Waals surface area (Å²) in [5.41, 5.74) is 0. The fourth-order valence-corrected chi connectivity index (χ4v) is 2.35. The van der Waals surface area contributed by atoms with Crippen LogP contribution in [0.2, 0.25) is 0 Å². The molecular formula is C11H19NO3. The van der Waals surface area contributed by atoms with Gasteiger partial charge in [-0.15, -0.1) is 0 Å². The molecule has 0 aromatic carbocycles. The fourth-order valence-electron chi connectivity index (χ4n) is 2.35. The van der Waals surface area contributed by atoms with E-state index in [1.807, 2.05) is 6.92 Å². The minimum Gasteiger partial charge on any atom is -0.480 e. The van der Waals surface area contributed by atoms with Crippen LogP contribution in [0.25, 0.3) is 0 Å². The Morgan fingerprint density at radius 2 is 2.27 bits per heavy atom. The van der Waals surface area contributed by atoms with Gasteiger partial charge in [0, 0.05) is 19.7 Å².